The van der Waals surface area contributed by atoms with E-state index in [0.717, 1.165) is 0 Å². The minimum Gasteiger partial charge on any atom is -0.488 e. The van der Waals surface area contributed by atoms with Crippen LogP contribution in [0.3, 0.4) is 0 Å². The molecule has 1 aromatic carbocycles. The smallest absolute Gasteiger partial charge is 0.410 e. The number of benzene rings is 1. The van der Waals surface area contributed by atoms with Crippen molar-refractivity contribution in [2.75, 3.05) is 18.4 Å². The topological polar surface area (TPSA) is 85.3 Å². The number of rotatable bonds is 4. The van der Waals surface area contributed by atoms with Crippen LogP contribution in [0.4, 0.5) is 4.79 Å². The van der Waals surface area contributed by atoms with Crippen LogP contribution in [0.15, 0.2) is 23.8 Å². The number of carbonyl (C=O) groups is 2. The van der Waals surface area contributed by atoms with Gasteiger partial charge in [-0.1, -0.05) is 15.9 Å². The molecule has 0 aliphatic carbocycles. The molecule has 0 spiro atoms. The van der Waals surface area contributed by atoms with Gasteiger partial charge < -0.3 is 24.2 Å². The van der Waals surface area contributed by atoms with E-state index in [0.29, 0.717) is 36.6 Å². The van der Waals surface area contributed by atoms with Crippen molar-refractivity contribution in [2.24, 2.45) is 0 Å². The third-order valence-electron chi connectivity index (χ3n) is 4.34. The van der Waals surface area contributed by atoms with Crippen LogP contribution in [-0.4, -0.2) is 58.3 Å². The van der Waals surface area contributed by atoms with Gasteiger partial charge in [0.25, 0.3) is 0 Å². The molecule has 2 aliphatic heterocycles. The Balaban J connectivity index is 1.65. The molecular formula is C20H24BrNO6. The van der Waals surface area contributed by atoms with Crippen molar-refractivity contribution < 1.29 is 28.9 Å². The summed E-state index contributed by atoms with van der Waals surface area (Å²) in [7, 11) is 0. The fourth-order valence-electron chi connectivity index (χ4n) is 3.04. The number of alkyl halides is 1. The van der Waals surface area contributed by atoms with Crippen molar-refractivity contribution in [1.29, 1.82) is 0 Å². The first-order valence-electron chi connectivity index (χ1n) is 9.10. The number of ether oxygens (including phenoxy) is 3. The Labute approximate surface area is 172 Å². The summed E-state index contributed by atoms with van der Waals surface area (Å²) in [6.07, 6.45) is 0.520. The van der Waals surface area contributed by atoms with E-state index in [2.05, 4.69) is 15.9 Å². The zero-order chi connectivity index (χ0) is 20.5. The summed E-state index contributed by atoms with van der Waals surface area (Å²) in [5, 5.41) is 10.2. The van der Waals surface area contributed by atoms with Crippen LogP contribution in [0.2, 0.25) is 0 Å². The molecule has 2 atom stereocenters. The monoisotopic (exact) mass is 453 g/mol. The normalized spacial score (nSPS) is 21.5. The van der Waals surface area contributed by atoms with Gasteiger partial charge >= 0.3 is 6.09 Å². The lowest BCUT2D eigenvalue weighted by Gasteiger charge is -2.25. The van der Waals surface area contributed by atoms with Gasteiger partial charge in [0.15, 0.2) is 5.78 Å². The Hall–Kier alpha value is -2.06. The Kier molecular flexibility index (Phi) is 6.00. The van der Waals surface area contributed by atoms with Gasteiger partial charge in [-0.2, -0.15) is 0 Å². The van der Waals surface area contributed by atoms with Crippen molar-refractivity contribution >= 4 is 33.9 Å². The molecule has 1 aromatic rings. The van der Waals surface area contributed by atoms with Gasteiger partial charge in [-0.3, -0.25) is 4.79 Å². The summed E-state index contributed by atoms with van der Waals surface area (Å²) in [6, 6.07) is 5.24. The number of aliphatic hydroxyl groups excluding tert-OH is 1. The minimum absolute atomic E-state index is 0.117. The quantitative estimate of drug-likeness (QED) is 0.704. The van der Waals surface area contributed by atoms with E-state index in [1.54, 1.807) is 29.2 Å². The molecule has 0 radical (unpaired) electrons. The fourth-order valence-corrected chi connectivity index (χ4v) is 3.36. The maximum absolute atomic E-state index is 12.2. The highest BCUT2D eigenvalue weighted by Gasteiger charge is 2.31. The molecule has 2 heterocycles. The van der Waals surface area contributed by atoms with Gasteiger partial charge in [-0.05, 0) is 39.0 Å². The molecule has 1 saturated heterocycles. The summed E-state index contributed by atoms with van der Waals surface area (Å²) in [5.74, 6) is 0.787. The van der Waals surface area contributed by atoms with Crippen LogP contribution >= 0.6 is 15.9 Å². The van der Waals surface area contributed by atoms with Crippen LogP contribution in [0.5, 0.6) is 11.5 Å². The van der Waals surface area contributed by atoms with E-state index in [-0.39, 0.29) is 28.9 Å². The third kappa shape index (κ3) is 4.86. The maximum Gasteiger partial charge on any atom is 0.410 e. The lowest BCUT2D eigenvalue weighted by atomic mass is 10.0. The third-order valence-corrected chi connectivity index (χ3v) is 4.85. The summed E-state index contributed by atoms with van der Waals surface area (Å²) >= 11 is 3.10. The summed E-state index contributed by atoms with van der Waals surface area (Å²) < 4.78 is 16.8. The predicted octanol–water partition coefficient (Wildman–Crippen LogP) is 3.13. The molecule has 152 valence electrons. The molecule has 7 nitrogen and oxygen atoms in total. The lowest BCUT2D eigenvalue weighted by molar-refractivity contribution is -0.116. The van der Waals surface area contributed by atoms with Crippen LogP contribution in [0.25, 0.3) is 6.08 Å². The van der Waals surface area contributed by atoms with Gasteiger partial charge in [0.1, 0.15) is 23.2 Å². The van der Waals surface area contributed by atoms with E-state index in [1.807, 2.05) is 20.8 Å². The van der Waals surface area contributed by atoms with Crippen molar-refractivity contribution in [1.82, 2.24) is 4.90 Å². The highest BCUT2D eigenvalue weighted by molar-refractivity contribution is 9.09. The summed E-state index contributed by atoms with van der Waals surface area (Å²) in [5.41, 5.74) is 0.375. The maximum atomic E-state index is 12.2. The summed E-state index contributed by atoms with van der Waals surface area (Å²) in [6.45, 7) is 6.52. The van der Waals surface area contributed by atoms with Crippen LogP contribution < -0.4 is 9.47 Å². The van der Waals surface area contributed by atoms with E-state index in [4.69, 9.17) is 14.2 Å². The van der Waals surface area contributed by atoms with E-state index < -0.39 is 11.9 Å². The molecule has 1 fully saturated rings. The second-order valence-corrected chi connectivity index (χ2v) is 8.34. The molecule has 0 saturated carbocycles. The van der Waals surface area contributed by atoms with E-state index >= 15 is 0 Å². The van der Waals surface area contributed by atoms with E-state index in [9.17, 15) is 14.7 Å². The molecule has 0 bridgehead atoms. The molecule has 1 N–H and O–H groups in total. The first-order valence-corrected chi connectivity index (χ1v) is 10.2. The molecule has 1 amide bonds. The number of Topliss-reactive ketones (excluding diaryl/α,β-unsaturated/α-hetero) is 1. The number of halogens is 1. The highest BCUT2D eigenvalue weighted by atomic mass is 79.9. The number of hydrogen-bond donors (Lipinski definition) is 1. The highest BCUT2D eigenvalue weighted by Crippen LogP contribution is 2.33. The van der Waals surface area contributed by atoms with E-state index in [1.165, 1.54) is 0 Å². The van der Waals surface area contributed by atoms with Gasteiger partial charge in [0.2, 0.25) is 6.29 Å². The molecular weight excluding hydrogens is 430 g/mol. The summed E-state index contributed by atoms with van der Waals surface area (Å²) in [4.78, 5) is 25.6. The zero-order valence-corrected chi connectivity index (χ0v) is 17.7. The van der Waals surface area contributed by atoms with Crippen molar-refractivity contribution in [3.05, 3.63) is 29.3 Å². The van der Waals surface area contributed by atoms with Crippen LogP contribution in [-0.2, 0) is 9.53 Å². The zero-order valence-electron chi connectivity index (χ0n) is 16.1. The number of fused-ring (bicyclic) bond motifs is 1. The fraction of sp³-hybridized carbons (Fsp3) is 0.500. The first kappa shape index (κ1) is 20.7. The number of carbonyl (C=O) groups excluding carboxylic acids is 2. The second kappa shape index (κ2) is 8.13. The first-order chi connectivity index (χ1) is 13.2. The average Bonchev–Trinajstić information content (AvgIpc) is 3.07. The van der Waals surface area contributed by atoms with Crippen LogP contribution in [0.1, 0.15) is 32.8 Å². The Morgan fingerprint density at radius 2 is 2.11 bits per heavy atom. The Morgan fingerprint density at radius 3 is 2.79 bits per heavy atom. The molecule has 3 rings (SSSR count). The Morgan fingerprint density at radius 1 is 1.36 bits per heavy atom. The number of amides is 1. The Bertz CT molecular complexity index is 800. The average molecular weight is 454 g/mol. The largest absolute Gasteiger partial charge is 0.488 e. The molecule has 0 aromatic heterocycles. The van der Waals surface area contributed by atoms with Crippen molar-refractivity contribution in [3.63, 3.8) is 0 Å². The lowest BCUT2D eigenvalue weighted by Crippen LogP contribution is -2.36. The molecule has 2 aliphatic rings. The number of aliphatic hydroxyl groups is 1. The van der Waals surface area contributed by atoms with Crippen molar-refractivity contribution in [2.45, 2.75) is 45.2 Å². The second-order valence-electron chi connectivity index (χ2n) is 7.78. The minimum atomic E-state index is -1.30. The molecule has 0 unspecified atom stereocenters. The molecule has 28 heavy (non-hydrogen) atoms. The van der Waals surface area contributed by atoms with Crippen molar-refractivity contribution in [3.8, 4) is 11.5 Å². The van der Waals surface area contributed by atoms with Gasteiger partial charge in [0, 0.05) is 24.6 Å². The van der Waals surface area contributed by atoms with Gasteiger partial charge in [-0.15, -0.1) is 0 Å². The standard InChI is InChI=1S/C20H24BrNO6/c1-20(2,3)28-19(25)22-7-6-14(11-22)26-13-5-4-12-8-15(16(23)10-21)18(24)27-17(12)9-13/h4-5,8-9,14,18,24H,6-7,10-11H2,1-3H3/t14-,18-/m0/s1. The molecule has 8 heteroatoms. The number of ketones is 1. The van der Waals surface area contributed by atoms with Gasteiger partial charge in [0.05, 0.1) is 17.4 Å². The number of likely N-dealkylation sites (tertiary alicyclic amines) is 1. The van der Waals surface area contributed by atoms with Gasteiger partial charge in [-0.25, -0.2) is 4.79 Å². The number of hydrogen-bond acceptors (Lipinski definition) is 6. The van der Waals surface area contributed by atoms with Crippen LogP contribution in [0, 0.1) is 0 Å². The SMILES string of the molecule is CC(C)(C)OC(=O)N1CC[C@H](Oc2ccc3c(c2)O[C@H](O)C(C(=O)CBr)=C3)C1. The predicted molar refractivity (Wildman–Crippen MR) is 107 cm³/mol. The number of nitrogens with zero attached hydrogens (tertiary/aromatic N) is 1.